The lowest BCUT2D eigenvalue weighted by molar-refractivity contribution is -0.122. The number of piperidine rings is 1. The monoisotopic (exact) mass is 485 g/mol. The van der Waals surface area contributed by atoms with Gasteiger partial charge >= 0.3 is 5.76 Å². The molecule has 3 aromatic rings. The van der Waals surface area contributed by atoms with Gasteiger partial charge in [-0.3, -0.25) is 9.36 Å². The maximum atomic E-state index is 13.2. The van der Waals surface area contributed by atoms with Crippen molar-refractivity contribution in [2.75, 3.05) is 19.6 Å². The number of carbonyl (C=O) groups excluding carboxylic acids is 1. The zero-order valence-electron chi connectivity index (χ0n) is 19.4. The van der Waals surface area contributed by atoms with Crippen LogP contribution in [0.1, 0.15) is 38.2 Å². The van der Waals surface area contributed by atoms with E-state index in [-0.39, 0.29) is 22.3 Å². The molecule has 0 spiro atoms. The number of carbonyl (C=O) groups is 1. The zero-order chi connectivity index (χ0) is 24.1. The lowest BCUT2D eigenvalue weighted by Crippen LogP contribution is -2.39. The first-order valence-corrected chi connectivity index (χ1v) is 13.3. The molecule has 1 amide bonds. The molecule has 34 heavy (non-hydrogen) atoms. The number of oxazole rings is 1. The highest BCUT2D eigenvalue weighted by Gasteiger charge is 2.30. The Morgan fingerprint density at radius 2 is 1.85 bits per heavy atom. The molecule has 0 atom stereocenters. The van der Waals surface area contributed by atoms with E-state index in [1.54, 1.807) is 6.07 Å². The third-order valence-electron chi connectivity index (χ3n) is 6.35. The highest BCUT2D eigenvalue weighted by molar-refractivity contribution is 7.89. The van der Waals surface area contributed by atoms with Gasteiger partial charge in [-0.25, -0.2) is 13.2 Å². The molecule has 4 rings (SSSR count). The summed E-state index contributed by atoms with van der Waals surface area (Å²) < 4.78 is 34.6. The molecular formula is C25H31N3O5S. The summed E-state index contributed by atoms with van der Waals surface area (Å²) in [7, 11) is -3.70. The third-order valence-corrected chi connectivity index (χ3v) is 8.25. The third kappa shape index (κ3) is 5.42. The Bertz CT molecular complexity index is 1290. The van der Waals surface area contributed by atoms with Crippen molar-refractivity contribution in [1.29, 1.82) is 0 Å². The topological polar surface area (TPSA) is 102 Å². The fraction of sp³-hybridized carbons (Fsp3) is 0.440. The second-order valence-electron chi connectivity index (χ2n) is 8.79. The number of benzene rings is 2. The van der Waals surface area contributed by atoms with Gasteiger partial charge in [-0.15, -0.1) is 0 Å². The van der Waals surface area contributed by atoms with Crippen LogP contribution in [-0.2, 0) is 27.8 Å². The van der Waals surface area contributed by atoms with E-state index in [1.165, 1.54) is 26.6 Å². The van der Waals surface area contributed by atoms with Crippen molar-refractivity contribution in [3.8, 4) is 0 Å². The number of aryl methyl sites for hydroxylation is 1. The van der Waals surface area contributed by atoms with E-state index < -0.39 is 15.8 Å². The summed E-state index contributed by atoms with van der Waals surface area (Å²) >= 11 is 0. The number of sulfonamides is 1. The standard InChI is InChI=1S/C25H31N3O5S/c1-2-14-28-22-9-8-21(18-23(22)33-25(28)30)34(31,32)27-15-11-20(12-16-27)17-24(29)26-13-10-19-6-4-3-5-7-19/h3-9,18,20H,2,10-17H2,1H3,(H,26,29). The first kappa shape index (κ1) is 24.2. The maximum absolute atomic E-state index is 13.2. The van der Waals surface area contributed by atoms with Crippen molar-refractivity contribution < 1.29 is 17.6 Å². The maximum Gasteiger partial charge on any atom is 0.419 e. The van der Waals surface area contributed by atoms with Crippen molar-refractivity contribution in [3.05, 3.63) is 64.6 Å². The smallest absolute Gasteiger partial charge is 0.408 e. The Morgan fingerprint density at radius 1 is 1.12 bits per heavy atom. The van der Waals surface area contributed by atoms with E-state index >= 15 is 0 Å². The van der Waals surface area contributed by atoms with Crippen LogP contribution in [0.2, 0.25) is 0 Å². The number of nitrogens with zero attached hydrogens (tertiary/aromatic N) is 2. The number of hydrogen-bond acceptors (Lipinski definition) is 5. The van der Waals surface area contributed by atoms with Crippen molar-refractivity contribution in [2.45, 2.75) is 50.5 Å². The van der Waals surface area contributed by atoms with Crippen molar-refractivity contribution in [1.82, 2.24) is 14.2 Å². The summed E-state index contributed by atoms with van der Waals surface area (Å²) in [6.45, 7) is 3.80. The SMILES string of the molecule is CCCn1c(=O)oc2cc(S(=O)(=O)N3CCC(CC(=O)NCCc4ccccc4)CC3)ccc21. The van der Waals surface area contributed by atoms with Crippen molar-refractivity contribution in [2.24, 2.45) is 5.92 Å². The van der Waals surface area contributed by atoms with E-state index in [1.807, 2.05) is 37.3 Å². The predicted molar refractivity (Wildman–Crippen MR) is 130 cm³/mol. The van der Waals surface area contributed by atoms with Gasteiger partial charge in [-0.1, -0.05) is 37.3 Å². The molecular weight excluding hydrogens is 454 g/mol. The summed E-state index contributed by atoms with van der Waals surface area (Å²) in [5, 5.41) is 2.97. The van der Waals surface area contributed by atoms with Crippen LogP contribution in [0.4, 0.5) is 0 Å². The van der Waals surface area contributed by atoms with Gasteiger partial charge in [0.25, 0.3) is 0 Å². The minimum atomic E-state index is -3.70. The van der Waals surface area contributed by atoms with Gasteiger partial charge in [-0.2, -0.15) is 4.31 Å². The van der Waals surface area contributed by atoms with Crippen LogP contribution in [-0.4, -0.2) is 42.8 Å². The molecule has 1 aliphatic heterocycles. The Morgan fingerprint density at radius 3 is 2.56 bits per heavy atom. The molecule has 9 heteroatoms. The summed E-state index contributed by atoms with van der Waals surface area (Å²) in [4.78, 5) is 24.5. The molecule has 0 aliphatic carbocycles. The van der Waals surface area contributed by atoms with Gasteiger partial charge in [0.1, 0.15) is 0 Å². The Kier molecular flexibility index (Phi) is 7.53. The fourth-order valence-corrected chi connectivity index (χ4v) is 5.96. The minimum Gasteiger partial charge on any atom is -0.408 e. The minimum absolute atomic E-state index is 0.00862. The van der Waals surface area contributed by atoms with Crippen LogP contribution < -0.4 is 11.1 Å². The summed E-state index contributed by atoms with van der Waals surface area (Å²) in [5.74, 6) is -0.310. The van der Waals surface area contributed by atoms with E-state index in [0.717, 1.165) is 12.8 Å². The van der Waals surface area contributed by atoms with E-state index in [4.69, 9.17) is 4.42 Å². The van der Waals surface area contributed by atoms with Gasteiger partial charge < -0.3 is 9.73 Å². The molecule has 8 nitrogen and oxygen atoms in total. The van der Waals surface area contributed by atoms with Gasteiger partial charge in [0.15, 0.2) is 5.58 Å². The van der Waals surface area contributed by atoms with Crippen molar-refractivity contribution >= 4 is 27.0 Å². The number of nitrogens with one attached hydrogen (secondary N) is 1. The Labute approximate surface area is 199 Å². The van der Waals surface area contributed by atoms with Gasteiger partial charge in [0, 0.05) is 38.7 Å². The van der Waals surface area contributed by atoms with Crippen LogP contribution in [0.25, 0.3) is 11.1 Å². The van der Waals surface area contributed by atoms with Crippen LogP contribution in [0.3, 0.4) is 0 Å². The average molecular weight is 486 g/mol. The van der Waals surface area contributed by atoms with Crippen LogP contribution in [0.5, 0.6) is 0 Å². The summed E-state index contributed by atoms with van der Waals surface area (Å²) in [6, 6.07) is 14.6. The van der Waals surface area contributed by atoms with Crippen LogP contribution >= 0.6 is 0 Å². The van der Waals surface area contributed by atoms with E-state index in [2.05, 4.69) is 5.32 Å². The second kappa shape index (κ2) is 10.6. The summed E-state index contributed by atoms with van der Waals surface area (Å²) in [5.41, 5.74) is 2.06. The molecule has 2 aromatic carbocycles. The second-order valence-corrected chi connectivity index (χ2v) is 10.7. The zero-order valence-corrected chi connectivity index (χ0v) is 20.2. The molecule has 182 valence electrons. The molecule has 1 saturated heterocycles. The van der Waals surface area contributed by atoms with Crippen LogP contribution in [0.15, 0.2) is 62.6 Å². The highest BCUT2D eigenvalue weighted by atomic mass is 32.2. The molecule has 1 aromatic heterocycles. The first-order chi connectivity index (χ1) is 16.4. The predicted octanol–water partition coefficient (Wildman–Crippen LogP) is 3.15. The largest absolute Gasteiger partial charge is 0.419 e. The van der Waals surface area contributed by atoms with Gasteiger partial charge in [0.05, 0.1) is 10.4 Å². The summed E-state index contributed by atoms with van der Waals surface area (Å²) in [6.07, 6.45) is 3.24. The Hall–Kier alpha value is -2.91. The molecule has 1 aliphatic rings. The fourth-order valence-electron chi connectivity index (χ4n) is 4.47. The van der Waals surface area contributed by atoms with Crippen LogP contribution in [0, 0.1) is 5.92 Å². The molecule has 1 N–H and O–H groups in total. The molecule has 0 unspecified atom stereocenters. The van der Waals surface area contributed by atoms with Gasteiger partial charge in [0.2, 0.25) is 15.9 Å². The first-order valence-electron chi connectivity index (χ1n) is 11.8. The van der Waals surface area contributed by atoms with Gasteiger partial charge in [-0.05, 0) is 49.3 Å². The number of amides is 1. The quantitative estimate of drug-likeness (QED) is 0.502. The molecule has 0 bridgehead atoms. The molecule has 0 radical (unpaired) electrons. The number of hydrogen-bond donors (Lipinski definition) is 1. The normalized spacial score (nSPS) is 15.6. The molecule has 2 heterocycles. The lowest BCUT2D eigenvalue weighted by Gasteiger charge is -2.31. The number of fused-ring (bicyclic) bond motifs is 1. The lowest BCUT2D eigenvalue weighted by atomic mass is 9.94. The molecule has 0 saturated carbocycles. The van der Waals surface area contributed by atoms with Crippen molar-refractivity contribution in [3.63, 3.8) is 0 Å². The number of aromatic nitrogens is 1. The van der Waals surface area contributed by atoms with E-state index in [9.17, 15) is 18.0 Å². The van der Waals surface area contributed by atoms with E-state index in [0.29, 0.717) is 51.0 Å². The highest BCUT2D eigenvalue weighted by Crippen LogP contribution is 2.27. The number of rotatable bonds is 9. The Balaban J connectivity index is 1.31. The molecule has 1 fully saturated rings. The average Bonchev–Trinajstić information content (AvgIpc) is 3.14.